The van der Waals surface area contributed by atoms with Crippen LogP contribution in [0.15, 0.2) is 35.8 Å². The Kier molecular flexibility index (Phi) is 4.17. The predicted molar refractivity (Wildman–Crippen MR) is 87.1 cm³/mol. The first-order valence-corrected chi connectivity index (χ1v) is 7.90. The summed E-state index contributed by atoms with van der Waals surface area (Å²) in [4.78, 5) is 9.17. The van der Waals surface area contributed by atoms with E-state index < -0.39 is 0 Å². The molecule has 3 rings (SSSR count). The molecule has 0 aliphatic carbocycles. The lowest BCUT2D eigenvalue weighted by molar-refractivity contribution is 0.250. The molecule has 1 aliphatic heterocycles. The third-order valence-electron chi connectivity index (χ3n) is 3.73. The third kappa shape index (κ3) is 3.40. The average molecular weight is 301 g/mol. The van der Waals surface area contributed by atoms with Crippen LogP contribution in [0, 0.1) is 5.41 Å². The van der Waals surface area contributed by atoms with E-state index in [0.717, 1.165) is 43.4 Å². The molecule has 1 aromatic heterocycles. The van der Waals surface area contributed by atoms with Gasteiger partial charge in [-0.1, -0.05) is 24.3 Å². The summed E-state index contributed by atoms with van der Waals surface area (Å²) >= 11 is 1.70. The van der Waals surface area contributed by atoms with Gasteiger partial charge in [0.25, 0.3) is 0 Å². The fraction of sp³-hybridized carbons (Fsp3) is 0.333. The van der Waals surface area contributed by atoms with Crippen molar-refractivity contribution >= 4 is 22.3 Å². The molecular formula is C15H19N5S. The minimum absolute atomic E-state index is 0.124. The van der Waals surface area contributed by atoms with Crippen molar-refractivity contribution in [3.05, 3.63) is 47.0 Å². The number of nitrogens with zero attached hydrogens (tertiary/aromatic N) is 3. The number of piperazine rings is 1. The number of amidine groups is 1. The topological polar surface area (TPSA) is 69.2 Å². The van der Waals surface area contributed by atoms with E-state index in [2.05, 4.69) is 26.9 Å². The first-order chi connectivity index (χ1) is 10.2. The molecule has 1 aliphatic rings. The van der Waals surface area contributed by atoms with Crippen LogP contribution in [0.3, 0.4) is 0 Å². The number of anilines is 1. The molecule has 0 saturated carbocycles. The van der Waals surface area contributed by atoms with Gasteiger partial charge in [-0.25, -0.2) is 4.98 Å². The van der Waals surface area contributed by atoms with Crippen LogP contribution in [0.25, 0.3) is 0 Å². The molecule has 1 saturated heterocycles. The Labute approximate surface area is 128 Å². The van der Waals surface area contributed by atoms with Gasteiger partial charge in [0.2, 0.25) is 0 Å². The number of hydrogen-bond acceptors (Lipinski definition) is 5. The number of nitrogens with two attached hydrogens (primary N) is 1. The van der Waals surface area contributed by atoms with Gasteiger partial charge < -0.3 is 10.6 Å². The van der Waals surface area contributed by atoms with Gasteiger partial charge in [-0.3, -0.25) is 10.3 Å². The second kappa shape index (κ2) is 6.24. The van der Waals surface area contributed by atoms with Crippen LogP contribution in [0.5, 0.6) is 0 Å². The lowest BCUT2D eigenvalue weighted by Crippen LogP contribution is -2.45. The average Bonchev–Trinajstić information content (AvgIpc) is 3.03. The van der Waals surface area contributed by atoms with E-state index in [1.807, 2.05) is 23.7 Å². The summed E-state index contributed by atoms with van der Waals surface area (Å²) in [6.45, 7) is 5.10. The van der Waals surface area contributed by atoms with Gasteiger partial charge in [0, 0.05) is 49.9 Å². The Hall–Kier alpha value is -1.92. The van der Waals surface area contributed by atoms with Crippen molar-refractivity contribution in [2.24, 2.45) is 5.73 Å². The zero-order valence-corrected chi connectivity index (χ0v) is 12.6. The van der Waals surface area contributed by atoms with Gasteiger partial charge >= 0.3 is 0 Å². The highest BCUT2D eigenvalue weighted by Crippen LogP contribution is 2.19. The number of nitrogens with one attached hydrogen (secondary N) is 1. The van der Waals surface area contributed by atoms with E-state index in [1.165, 1.54) is 5.56 Å². The van der Waals surface area contributed by atoms with E-state index >= 15 is 0 Å². The smallest absolute Gasteiger partial charge is 0.185 e. The molecule has 21 heavy (non-hydrogen) atoms. The summed E-state index contributed by atoms with van der Waals surface area (Å²) < 4.78 is 0. The maximum Gasteiger partial charge on any atom is 0.185 e. The third-order valence-corrected chi connectivity index (χ3v) is 4.57. The van der Waals surface area contributed by atoms with Crippen LogP contribution in [-0.2, 0) is 6.54 Å². The van der Waals surface area contributed by atoms with E-state index in [1.54, 1.807) is 11.3 Å². The van der Waals surface area contributed by atoms with Crippen LogP contribution in [0.4, 0.5) is 5.13 Å². The molecular weight excluding hydrogens is 282 g/mol. The molecule has 5 nitrogen and oxygen atoms in total. The van der Waals surface area contributed by atoms with Gasteiger partial charge in [0.15, 0.2) is 5.13 Å². The second-order valence-electron chi connectivity index (χ2n) is 5.19. The number of benzene rings is 1. The first kappa shape index (κ1) is 14.0. The quantitative estimate of drug-likeness (QED) is 0.667. The highest BCUT2D eigenvalue weighted by molar-refractivity contribution is 7.13. The lowest BCUT2D eigenvalue weighted by atomic mass is 10.1. The van der Waals surface area contributed by atoms with Crippen LogP contribution >= 0.6 is 11.3 Å². The molecule has 2 aromatic rings. The van der Waals surface area contributed by atoms with Gasteiger partial charge in [-0.15, -0.1) is 11.3 Å². The molecule has 0 unspecified atom stereocenters. The Bertz CT molecular complexity index is 585. The van der Waals surface area contributed by atoms with Crippen molar-refractivity contribution in [3.63, 3.8) is 0 Å². The molecule has 1 fully saturated rings. The number of hydrogen-bond donors (Lipinski definition) is 2. The predicted octanol–water partition coefficient (Wildman–Crippen LogP) is 1.75. The van der Waals surface area contributed by atoms with E-state index in [-0.39, 0.29) is 5.84 Å². The molecule has 0 bridgehead atoms. The molecule has 0 spiro atoms. The van der Waals surface area contributed by atoms with E-state index in [9.17, 15) is 0 Å². The summed E-state index contributed by atoms with van der Waals surface area (Å²) in [5, 5.41) is 10.6. The molecule has 6 heteroatoms. The molecule has 0 radical (unpaired) electrons. The largest absolute Gasteiger partial charge is 0.384 e. The Balaban J connectivity index is 1.54. The van der Waals surface area contributed by atoms with Crippen molar-refractivity contribution in [1.29, 1.82) is 5.41 Å². The SMILES string of the molecule is N=C(N)c1ccc(CN2CCN(c3nccs3)CC2)cc1. The van der Waals surface area contributed by atoms with Crippen molar-refractivity contribution in [2.75, 3.05) is 31.1 Å². The van der Waals surface area contributed by atoms with E-state index in [4.69, 9.17) is 11.1 Å². The van der Waals surface area contributed by atoms with Gasteiger partial charge in [0.05, 0.1) is 0 Å². The fourth-order valence-electron chi connectivity index (χ4n) is 2.52. The standard InChI is InChI=1S/C15H19N5S/c16-14(17)13-3-1-12(2-4-13)11-19-6-8-20(9-7-19)15-18-5-10-21-15/h1-5,10H,6-9,11H2,(H3,16,17). The molecule has 0 atom stereocenters. The highest BCUT2D eigenvalue weighted by Gasteiger charge is 2.18. The second-order valence-corrected chi connectivity index (χ2v) is 6.06. The summed E-state index contributed by atoms with van der Waals surface area (Å²) in [5.74, 6) is 0.124. The fourth-order valence-corrected chi connectivity index (χ4v) is 3.21. The van der Waals surface area contributed by atoms with Gasteiger partial charge in [-0.05, 0) is 5.56 Å². The first-order valence-electron chi connectivity index (χ1n) is 7.02. The minimum atomic E-state index is 0.124. The summed E-state index contributed by atoms with van der Waals surface area (Å²) in [6.07, 6.45) is 1.86. The molecule has 0 amide bonds. The van der Waals surface area contributed by atoms with Gasteiger partial charge in [0.1, 0.15) is 5.84 Å². The van der Waals surface area contributed by atoms with Crippen molar-refractivity contribution in [1.82, 2.24) is 9.88 Å². The lowest BCUT2D eigenvalue weighted by Gasteiger charge is -2.34. The summed E-state index contributed by atoms with van der Waals surface area (Å²) in [7, 11) is 0. The van der Waals surface area contributed by atoms with Crippen LogP contribution in [0.2, 0.25) is 0 Å². The zero-order chi connectivity index (χ0) is 14.7. The number of rotatable bonds is 4. The monoisotopic (exact) mass is 301 g/mol. The van der Waals surface area contributed by atoms with Crippen LogP contribution in [-0.4, -0.2) is 41.9 Å². The Morgan fingerprint density at radius 2 is 1.90 bits per heavy atom. The zero-order valence-electron chi connectivity index (χ0n) is 11.8. The number of thiazole rings is 1. The molecule has 2 heterocycles. The summed E-state index contributed by atoms with van der Waals surface area (Å²) in [5.41, 5.74) is 7.52. The maximum atomic E-state index is 7.41. The van der Waals surface area contributed by atoms with Crippen LogP contribution in [0.1, 0.15) is 11.1 Å². The van der Waals surface area contributed by atoms with Crippen molar-refractivity contribution in [3.8, 4) is 0 Å². The molecule has 1 aromatic carbocycles. The maximum absolute atomic E-state index is 7.41. The number of nitrogen functional groups attached to an aromatic ring is 1. The van der Waals surface area contributed by atoms with Gasteiger partial charge in [-0.2, -0.15) is 0 Å². The van der Waals surface area contributed by atoms with E-state index in [0.29, 0.717) is 0 Å². The minimum Gasteiger partial charge on any atom is -0.384 e. The van der Waals surface area contributed by atoms with Crippen LogP contribution < -0.4 is 10.6 Å². The van der Waals surface area contributed by atoms with Crippen molar-refractivity contribution < 1.29 is 0 Å². The summed E-state index contributed by atoms with van der Waals surface area (Å²) in [6, 6.07) is 7.96. The Morgan fingerprint density at radius 1 is 1.19 bits per heavy atom. The number of aromatic nitrogens is 1. The highest BCUT2D eigenvalue weighted by atomic mass is 32.1. The molecule has 110 valence electrons. The Morgan fingerprint density at radius 3 is 2.48 bits per heavy atom. The normalized spacial score (nSPS) is 16.1. The molecule has 3 N–H and O–H groups in total. The van der Waals surface area contributed by atoms with Crippen molar-refractivity contribution in [2.45, 2.75) is 6.54 Å².